The van der Waals surface area contributed by atoms with Gasteiger partial charge in [0.05, 0.1) is 51.6 Å². The standard InChI is InChI=1S/C30H24N4O4/c1-29-12-13-30(38-29,14-15-37-26-21-8-4-5-9-22(21)32-17-33-26)25-24(29)27(35)34(28(25)36)23-11-10-18(16-31)19-6-2-3-7-20(19)23/h2-11,17,35-36H,12-15H2,1H3/t29-,30-/m1/s1. The molecule has 0 spiro atoms. The maximum absolute atomic E-state index is 11.6. The number of aromatic nitrogens is 3. The zero-order chi connectivity index (χ0) is 26.1. The summed E-state index contributed by atoms with van der Waals surface area (Å²) in [5, 5.41) is 35.1. The Balaban J connectivity index is 1.29. The van der Waals surface area contributed by atoms with E-state index >= 15 is 0 Å². The molecule has 5 aromatic rings. The van der Waals surface area contributed by atoms with Gasteiger partial charge in [0.25, 0.3) is 0 Å². The Kier molecular flexibility index (Phi) is 4.72. The lowest BCUT2D eigenvalue weighted by Crippen LogP contribution is -2.25. The largest absolute Gasteiger partial charge is 0.494 e. The first-order chi connectivity index (χ1) is 18.5. The number of hydrogen-bond acceptors (Lipinski definition) is 7. The van der Waals surface area contributed by atoms with Gasteiger partial charge >= 0.3 is 0 Å². The fourth-order valence-corrected chi connectivity index (χ4v) is 6.32. The lowest BCUT2D eigenvalue weighted by Gasteiger charge is -2.26. The molecule has 0 radical (unpaired) electrons. The first-order valence-electron chi connectivity index (χ1n) is 12.6. The quantitative estimate of drug-likeness (QED) is 0.322. The van der Waals surface area contributed by atoms with E-state index in [1.807, 2.05) is 55.5 Å². The van der Waals surface area contributed by atoms with Crippen molar-refractivity contribution < 1.29 is 19.7 Å². The Morgan fingerprint density at radius 2 is 1.68 bits per heavy atom. The minimum atomic E-state index is -0.803. The van der Waals surface area contributed by atoms with Crippen LogP contribution in [0.2, 0.25) is 0 Å². The molecule has 2 N–H and O–H groups in total. The molecule has 38 heavy (non-hydrogen) atoms. The molecule has 188 valence electrons. The van der Waals surface area contributed by atoms with Crippen LogP contribution in [0.5, 0.6) is 17.6 Å². The van der Waals surface area contributed by atoms with Crippen LogP contribution in [0.15, 0.2) is 67.0 Å². The monoisotopic (exact) mass is 504 g/mol. The molecule has 8 heteroatoms. The Labute approximate surface area is 218 Å². The van der Waals surface area contributed by atoms with Crippen LogP contribution in [0.25, 0.3) is 27.4 Å². The minimum Gasteiger partial charge on any atom is -0.494 e. The normalized spacial score (nSPS) is 21.6. The molecule has 2 aliphatic rings. The second-order valence-electron chi connectivity index (χ2n) is 10.1. The first-order valence-corrected chi connectivity index (χ1v) is 12.6. The van der Waals surface area contributed by atoms with Crippen LogP contribution in [0, 0.1) is 11.3 Å². The first kappa shape index (κ1) is 22.6. The summed E-state index contributed by atoms with van der Waals surface area (Å²) in [6.07, 6.45) is 3.36. The predicted molar refractivity (Wildman–Crippen MR) is 140 cm³/mol. The topological polar surface area (TPSA) is 113 Å². The van der Waals surface area contributed by atoms with E-state index in [2.05, 4.69) is 16.0 Å². The molecule has 0 aliphatic carbocycles. The van der Waals surface area contributed by atoms with Gasteiger partial charge in [-0.2, -0.15) is 5.26 Å². The van der Waals surface area contributed by atoms with E-state index in [1.165, 1.54) is 10.9 Å². The number of fused-ring (bicyclic) bond motifs is 7. The van der Waals surface area contributed by atoms with E-state index in [0.29, 0.717) is 54.1 Å². The molecule has 4 heterocycles. The lowest BCUT2D eigenvalue weighted by atomic mass is 9.78. The molecule has 8 nitrogen and oxygen atoms in total. The van der Waals surface area contributed by atoms with Crippen LogP contribution in [0.1, 0.15) is 42.9 Å². The number of para-hydroxylation sites is 1. The highest BCUT2D eigenvalue weighted by atomic mass is 16.5. The molecule has 2 aromatic heterocycles. The van der Waals surface area contributed by atoms with Gasteiger partial charge in [-0.1, -0.05) is 36.4 Å². The molecule has 1 fully saturated rings. The van der Waals surface area contributed by atoms with Gasteiger partial charge in [-0.3, -0.25) is 4.57 Å². The molecule has 3 aromatic carbocycles. The average molecular weight is 505 g/mol. The van der Waals surface area contributed by atoms with Crippen molar-refractivity contribution in [3.8, 4) is 29.4 Å². The zero-order valence-electron chi connectivity index (χ0n) is 20.7. The maximum Gasteiger partial charge on any atom is 0.224 e. The van der Waals surface area contributed by atoms with E-state index < -0.39 is 11.2 Å². The molecule has 2 aliphatic heterocycles. The highest BCUT2D eigenvalue weighted by molar-refractivity contribution is 5.95. The third-order valence-electron chi connectivity index (χ3n) is 8.05. The molecular weight excluding hydrogens is 480 g/mol. The highest BCUT2D eigenvalue weighted by Crippen LogP contribution is 2.65. The molecule has 2 bridgehead atoms. The summed E-state index contributed by atoms with van der Waals surface area (Å²) in [4.78, 5) is 8.61. The van der Waals surface area contributed by atoms with Crippen molar-refractivity contribution in [3.05, 3.63) is 83.7 Å². The van der Waals surface area contributed by atoms with Crippen molar-refractivity contribution in [2.75, 3.05) is 6.61 Å². The minimum absolute atomic E-state index is 0.0425. The van der Waals surface area contributed by atoms with Crippen LogP contribution in [-0.2, 0) is 15.9 Å². The summed E-state index contributed by atoms with van der Waals surface area (Å²) < 4.78 is 14.2. The summed E-state index contributed by atoms with van der Waals surface area (Å²) in [6, 6.07) is 20.9. The molecule has 0 unspecified atom stereocenters. The molecule has 7 rings (SSSR count). The van der Waals surface area contributed by atoms with Gasteiger partial charge in [0.2, 0.25) is 17.6 Å². The van der Waals surface area contributed by atoms with Gasteiger partial charge < -0.3 is 19.7 Å². The zero-order valence-corrected chi connectivity index (χ0v) is 20.7. The lowest BCUT2D eigenvalue weighted by molar-refractivity contribution is -0.0877. The van der Waals surface area contributed by atoms with Gasteiger partial charge in [0.1, 0.15) is 11.9 Å². The van der Waals surface area contributed by atoms with Crippen LogP contribution < -0.4 is 4.74 Å². The van der Waals surface area contributed by atoms with E-state index in [-0.39, 0.29) is 11.8 Å². The number of hydrogen-bond donors (Lipinski definition) is 2. The van der Waals surface area contributed by atoms with Crippen molar-refractivity contribution in [2.24, 2.45) is 0 Å². The highest BCUT2D eigenvalue weighted by Gasteiger charge is 2.61. The van der Waals surface area contributed by atoms with Crippen LogP contribution >= 0.6 is 0 Å². The van der Waals surface area contributed by atoms with Gasteiger partial charge in [-0.15, -0.1) is 0 Å². The van der Waals surface area contributed by atoms with Gasteiger partial charge in [-0.25, -0.2) is 9.97 Å². The van der Waals surface area contributed by atoms with Crippen molar-refractivity contribution >= 4 is 21.7 Å². The summed E-state index contributed by atoms with van der Waals surface area (Å²) >= 11 is 0. The fourth-order valence-electron chi connectivity index (χ4n) is 6.32. The number of rotatable bonds is 5. The van der Waals surface area contributed by atoms with Gasteiger partial charge in [0.15, 0.2) is 0 Å². The average Bonchev–Trinajstić information content (AvgIpc) is 3.52. The Morgan fingerprint density at radius 3 is 2.50 bits per heavy atom. The number of aromatic hydroxyl groups is 2. The van der Waals surface area contributed by atoms with Crippen LogP contribution in [0.4, 0.5) is 0 Å². The van der Waals surface area contributed by atoms with Gasteiger partial charge in [0, 0.05) is 17.2 Å². The van der Waals surface area contributed by atoms with Crippen molar-refractivity contribution in [1.82, 2.24) is 14.5 Å². The Bertz CT molecular complexity index is 1800. The van der Waals surface area contributed by atoms with Crippen molar-refractivity contribution in [2.45, 2.75) is 37.4 Å². The Morgan fingerprint density at radius 1 is 0.947 bits per heavy atom. The van der Waals surface area contributed by atoms with E-state index in [1.54, 1.807) is 12.1 Å². The summed E-state index contributed by atoms with van der Waals surface area (Å²) in [5.41, 5.74) is 1.62. The third-order valence-corrected chi connectivity index (χ3v) is 8.05. The predicted octanol–water partition coefficient (Wildman–Crippen LogP) is 5.56. The molecular formula is C30H24N4O4. The smallest absolute Gasteiger partial charge is 0.224 e. The second kappa shape index (κ2) is 7.94. The number of nitriles is 1. The molecule has 1 saturated heterocycles. The molecule has 0 amide bonds. The number of nitrogens with zero attached hydrogens (tertiary/aromatic N) is 4. The van der Waals surface area contributed by atoms with Crippen LogP contribution in [-0.4, -0.2) is 31.4 Å². The summed E-state index contributed by atoms with van der Waals surface area (Å²) in [7, 11) is 0. The van der Waals surface area contributed by atoms with E-state index in [4.69, 9.17) is 9.47 Å². The maximum atomic E-state index is 11.6. The Hall–Kier alpha value is -4.61. The van der Waals surface area contributed by atoms with E-state index in [0.717, 1.165) is 21.7 Å². The SMILES string of the molecule is C[C@]12CC[C@](CCOc3ncnc4ccccc34)(O1)c1c2c(O)n(-c2ccc(C#N)c3ccccc23)c1O. The molecule has 0 saturated carbocycles. The third kappa shape index (κ3) is 2.99. The summed E-state index contributed by atoms with van der Waals surface area (Å²) in [6.45, 7) is 2.27. The van der Waals surface area contributed by atoms with Crippen molar-refractivity contribution in [1.29, 1.82) is 5.26 Å². The summed E-state index contributed by atoms with van der Waals surface area (Å²) in [5.74, 6) is 0.405. The molecule has 2 atom stereocenters. The van der Waals surface area contributed by atoms with Crippen LogP contribution in [0.3, 0.4) is 0 Å². The van der Waals surface area contributed by atoms with Crippen molar-refractivity contribution in [3.63, 3.8) is 0 Å². The number of benzene rings is 3. The van der Waals surface area contributed by atoms with E-state index in [9.17, 15) is 15.5 Å². The number of ether oxygens (including phenoxy) is 2. The fraction of sp³-hybridized carbons (Fsp3) is 0.233. The second-order valence-corrected chi connectivity index (χ2v) is 10.1. The van der Waals surface area contributed by atoms with Gasteiger partial charge in [-0.05, 0) is 44.0 Å².